The number of hydrogen-bond donors (Lipinski definition) is 0. The first-order chi connectivity index (χ1) is 26.8. The number of para-hydroxylation sites is 2. The Hall–Kier alpha value is -5.56. The van der Waals surface area contributed by atoms with E-state index in [9.17, 15) is 9.59 Å². The maximum absolute atomic E-state index is 13.2. The summed E-state index contributed by atoms with van der Waals surface area (Å²) in [6.45, 7) is 4.20. The fraction of sp³-hybridized carbons (Fsp3) is 0.191. The molecule has 1 aliphatic carbocycles. The number of carbonyl (C=O) groups excluding carboxylic acids is 2. The van der Waals surface area contributed by atoms with Gasteiger partial charge >= 0.3 is 11.9 Å². The fourth-order valence-corrected chi connectivity index (χ4v) is 8.16. The van der Waals surface area contributed by atoms with Crippen molar-refractivity contribution in [2.24, 2.45) is 0 Å². The van der Waals surface area contributed by atoms with Crippen LogP contribution in [-0.2, 0) is 24.5 Å². The molecular formula is C47H42Cl2N2O4. The van der Waals surface area contributed by atoms with Crippen molar-refractivity contribution in [2.75, 3.05) is 23.0 Å². The highest BCUT2D eigenvalue weighted by Gasteiger charge is 2.44. The molecule has 0 N–H and O–H groups in total. The van der Waals surface area contributed by atoms with Crippen LogP contribution < -0.4 is 9.80 Å². The van der Waals surface area contributed by atoms with Crippen LogP contribution in [0.3, 0.4) is 0 Å². The van der Waals surface area contributed by atoms with Gasteiger partial charge in [0.25, 0.3) is 0 Å². The third kappa shape index (κ3) is 7.98. The van der Waals surface area contributed by atoms with Crippen molar-refractivity contribution >= 4 is 69.3 Å². The minimum atomic E-state index is -0.760. The zero-order chi connectivity index (χ0) is 38.4. The fourth-order valence-electron chi connectivity index (χ4n) is 7.79. The van der Waals surface area contributed by atoms with Crippen LogP contribution in [0.1, 0.15) is 50.7 Å². The van der Waals surface area contributed by atoms with Crippen molar-refractivity contribution in [3.05, 3.63) is 167 Å². The highest BCUT2D eigenvalue weighted by molar-refractivity contribution is 6.31. The summed E-state index contributed by atoms with van der Waals surface area (Å²) in [5.41, 5.74) is 8.97. The van der Waals surface area contributed by atoms with Crippen LogP contribution in [0.5, 0.6) is 0 Å². The van der Waals surface area contributed by atoms with Crippen molar-refractivity contribution in [2.45, 2.75) is 44.9 Å². The van der Waals surface area contributed by atoms with Crippen molar-refractivity contribution in [3.63, 3.8) is 0 Å². The lowest BCUT2D eigenvalue weighted by Gasteiger charge is -2.34. The van der Waals surface area contributed by atoms with E-state index >= 15 is 0 Å². The van der Waals surface area contributed by atoms with Crippen LogP contribution in [0.15, 0.2) is 146 Å². The third-order valence-electron chi connectivity index (χ3n) is 10.1. The van der Waals surface area contributed by atoms with Gasteiger partial charge in [-0.3, -0.25) is 9.59 Å². The molecule has 0 fully saturated rings. The van der Waals surface area contributed by atoms with Gasteiger partial charge in [0.1, 0.15) is 0 Å². The summed E-state index contributed by atoms with van der Waals surface area (Å²) in [5.74, 6) is -0.565. The van der Waals surface area contributed by atoms with Gasteiger partial charge in [-0.25, -0.2) is 0 Å². The van der Waals surface area contributed by atoms with E-state index in [1.807, 2.05) is 98.8 Å². The molecule has 0 bridgehead atoms. The summed E-state index contributed by atoms with van der Waals surface area (Å²) < 4.78 is 11.0. The van der Waals surface area contributed by atoms with E-state index < -0.39 is 5.41 Å². The molecule has 8 heteroatoms. The molecule has 0 aromatic heterocycles. The largest absolute Gasteiger partial charge is 0.466 e. The molecule has 7 rings (SSSR count). The van der Waals surface area contributed by atoms with Crippen LogP contribution in [0.25, 0.3) is 11.1 Å². The first-order valence-electron chi connectivity index (χ1n) is 18.6. The van der Waals surface area contributed by atoms with Crippen molar-refractivity contribution in [3.8, 4) is 11.1 Å². The van der Waals surface area contributed by atoms with Gasteiger partial charge in [-0.15, -0.1) is 0 Å². The minimum Gasteiger partial charge on any atom is -0.466 e. The number of nitrogens with zero attached hydrogens (tertiary/aromatic N) is 2. The van der Waals surface area contributed by atoms with E-state index in [4.69, 9.17) is 32.7 Å². The van der Waals surface area contributed by atoms with Gasteiger partial charge in [0.15, 0.2) is 0 Å². The van der Waals surface area contributed by atoms with Gasteiger partial charge in [-0.2, -0.15) is 0 Å². The lowest BCUT2D eigenvalue weighted by Crippen LogP contribution is -2.29. The number of esters is 2. The number of fused-ring (bicyclic) bond motifs is 3. The van der Waals surface area contributed by atoms with Gasteiger partial charge in [0, 0.05) is 62.4 Å². The molecule has 6 aromatic rings. The van der Waals surface area contributed by atoms with E-state index in [0.717, 1.165) is 56.4 Å². The Morgan fingerprint density at radius 2 is 0.873 bits per heavy atom. The van der Waals surface area contributed by atoms with Crippen LogP contribution in [0.4, 0.5) is 34.1 Å². The zero-order valence-electron chi connectivity index (χ0n) is 30.9. The number of benzene rings is 6. The highest BCUT2D eigenvalue weighted by Crippen LogP contribution is 2.56. The topological polar surface area (TPSA) is 59.1 Å². The Bertz CT molecular complexity index is 2130. The maximum Gasteiger partial charge on any atom is 0.305 e. The van der Waals surface area contributed by atoms with Gasteiger partial charge in [0.05, 0.1) is 13.2 Å². The molecule has 0 radical (unpaired) electrons. The molecule has 0 heterocycles. The van der Waals surface area contributed by atoms with Crippen LogP contribution in [-0.4, -0.2) is 25.2 Å². The SMILES string of the molecule is CCOC(=O)CCC1(CCC(=O)OCC)c2cc(N(c3ccccc3)c3cccc(Cl)c3)ccc2-c2ccc(N(c3ccccc3)c3cccc(Cl)c3)cc21. The number of halogens is 2. The number of ether oxygens (including phenoxy) is 2. The molecule has 6 nitrogen and oxygen atoms in total. The number of rotatable bonds is 14. The molecule has 0 aliphatic heterocycles. The Balaban J connectivity index is 1.45. The van der Waals surface area contributed by atoms with Gasteiger partial charge in [-0.1, -0.05) is 83.9 Å². The average Bonchev–Trinajstić information content (AvgIpc) is 3.46. The summed E-state index contributed by atoms with van der Waals surface area (Å²) in [5, 5.41) is 1.25. The predicted molar refractivity (Wildman–Crippen MR) is 224 cm³/mol. The smallest absolute Gasteiger partial charge is 0.305 e. The summed E-state index contributed by atoms with van der Waals surface area (Å²) in [7, 11) is 0. The molecular weight excluding hydrogens is 727 g/mol. The molecule has 0 amide bonds. The Morgan fingerprint density at radius 3 is 1.25 bits per heavy atom. The molecule has 0 saturated heterocycles. The summed E-state index contributed by atoms with van der Waals surface area (Å²) in [4.78, 5) is 30.8. The van der Waals surface area contributed by atoms with Crippen molar-refractivity contribution < 1.29 is 19.1 Å². The van der Waals surface area contributed by atoms with E-state index in [2.05, 4.69) is 70.5 Å². The number of anilines is 6. The molecule has 0 unspecified atom stereocenters. The Morgan fingerprint density at radius 1 is 0.491 bits per heavy atom. The second-order valence-electron chi connectivity index (χ2n) is 13.5. The second kappa shape index (κ2) is 16.8. The Kier molecular flexibility index (Phi) is 11.6. The summed E-state index contributed by atoms with van der Waals surface area (Å²) >= 11 is 13.1. The maximum atomic E-state index is 13.2. The molecule has 1 aliphatic rings. The first kappa shape index (κ1) is 37.7. The molecule has 0 spiro atoms. The summed E-state index contributed by atoms with van der Waals surface area (Å²) in [6, 6.07) is 48.9. The number of hydrogen-bond acceptors (Lipinski definition) is 6. The zero-order valence-corrected chi connectivity index (χ0v) is 32.4. The second-order valence-corrected chi connectivity index (χ2v) is 14.3. The normalized spacial score (nSPS) is 12.4. The van der Waals surface area contributed by atoms with Gasteiger partial charge in [0.2, 0.25) is 0 Å². The standard InChI is InChI=1S/C47H42Cl2N2O4/c1-3-54-45(52)25-27-47(28-26-46(53)55-4-2)43-31-39(50(35-15-7-5-8-16-35)37-19-11-13-33(48)29-37)21-23-41(43)42-24-22-40(32-44(42)47)51(36-17-9-6-10-18-36)38-20-12-14-34(49)30-38/h5-24,29-32H,3-4,25-28H2,1-2H3. The van der Waals surface area contributed by atoms with Crippen LogP contribution in [0.2, 0.25) is 10.0 Å². The highest BCUT2D eigenvalue weighted by atomic mass is 35.5. The third-order valence-corrected chi connectivity index (χ3v) is 10.6. The van der Waals surface area contributed by atoms with Crippen LogP contribution >= 0.6 is 23.2 Å². The Labute approximate surface area is 332 Å². The lowest BCUT2D eigenvalue weighted by atomic mass is 9.71. The van der Waals surface area contributed by atoms with Crippen LogP contribution in [0, 0.1) is 0 Å². The first-order valence-corrected chi connectivity index (χ1v) is 19.4. The minimum absolute atomic E-state index is 0.164. The van der Waals surface area contributed by atoms with E-state index in [0.29, 0.717) is 22.9 Å². The molecule has 0 atom stereocenters. The van der Waals surface area contributed by atoms with Gasteiger partial charge < -0.3 is 19.3 Å². The van der Waals surface area contributed by atoms with Crippen molar-refractivity contribution in [1.29, 1.82) is 0 Å². The van der Waals surface area contributed by atoms with E-state index in [1.54, 1.807) is 0 Å². The molecule has 6 aromatic carbocycles. The van der Waals surface area contributed by atoms with E-state index in [-0.39, 0.29) is 38.0 Å². The summed E-state index contributed by atoms with van der Waals surface area (Å²) in [6.07, 6.45) is 1.17. The quantitative estimate of drug-likeness (QED) is 0.103. The van der Waals surface area contributed by atoms with Crippen molar-refractivity contribution in [1.82, 2.24) is 0 Å². The predicted octanol–water partition coefficient (Wildman–Crippen LogP) is 12.9. The molecule has 0 saturated carbocycles. The number of carbonyl (C=O) groups is 2. The molecule has 278 valence electrons. The average molecular weight is 770 g/mol. The lowest BCUT2D eigenvalue weighted by molar-refractivity contribution is -0.143. The monoisotopic (exact) mass is 768 g/mol. The van der Waals surface area contributed by atoms with Gasteiger partial charge in [-0.05, 0) is 134 Å². The van der Waals surface area contributed by atoms with E-state index in [1.165, 1.54) is 0 Å². The molecule has 55 heavy (non-hydrogen) atoms.